The maximum Gasteiger partial charge on any atom is 0.226 e. The van der Waals surface area contributed by atoms with Crippen LogP contribution in [0, 0.1) is 0 Å². The molecule has 0 bridgehead atoms. The average molecular weight is 340 g/mol. The molecule has 1 amide bonds. The predicted molar refractivity (Wildman–Crippen MR) is 91.8 cm³/mol. The van der Waals surface area contributed by atoms with Crippen LogP contribution in [0.2, 0.25) is 5.02 Å². The molecule has 2 heterocycles. The van der Waals surface area contributed by atoms with Gasteiger partial charge < -0.3 is 10.4 Å². The van der Waals surface area contributed by atoms with Gasteiger partial charge >= 0.3 is 0 Å². The molecule has 1 aliphatic rings. The molecule has 4 rings (SSSR count). The Bertz CT molecular complexity index is 936. The van der Waals surface area contributed by atoms with Crippen LogP contribution in [0.3, 0.4) is 0 Å². The molecule has 0 radical (unpaired) electrons. The quantitative estimate of drug-likeness (QED) is 0.748. The fourth-order valence-electron chi connectivity index (χ4n) is 3.06. The van der Waals surface area contributed by atoms with Crippen molar-refractivity contribution >= 4 is 23.3 Å². The van der Waals surface area contributed by atoms with Gasteiger partial charge in [0.05, 0.1) is 11.9 Å². The number of halogens is 1. The lowest BCUT2D eigenvalue weighted by Gasteiger charge is -2.23. The van der Waals surface area contributed by atoms with Crippen molar-refractivity contribution in [1.29, 1.82) is 0 Å². The van der Waals surface area contributed by atoms with Gasteiger partial charge in [0, 0.05) is 22.9 Å². The Kier molecular flexibility index (Phi) is 3.50. The Labute approximate surface area is 143 Å². The van der Waals surface area contributed by atoms with E-state index >= 15 is 0 Å². The first kappa shape index (κ1) is 14.8. The van der Waals surface area contributed by atoms with Crippen LogP contribution in [-0.4, -0.2) is 20.8 Å². The number of carbonyl (C=O) groups excluding carboxylic acids is 1. The van der Waals surface area contributed by atoms with E-state index in [9.17, 15) is 9.90 Å². The first-order valence-corrected chi connectivity index (χ1v) is 7.92. The average Bonchev–Trinajstić information content (AvgIpc) is 2.97. The Morgan fingerprint density at radius 3 is 2.83 bits per heavy atom. The van der Waals surface area contributed by atoms with E-state index in [0.717, 1.165) is 16.8 Å². The standard InChI is InChI=1S/C18H14ClN3O2/c19-12-4-2-5-13(8-12)22-18-16(10-20-22)15(9-17(24)21-18)11-3-1-6-14(23)7-11/h1-8,10,15,23H,9H2,(H,21,24). The maximum absolute atomic E-state index is 12.2. The summed E-state index contributed by atoms with van der Waals surface area (Å²) in [4.78, 5) is 12.2. The van der Waals surface area contributed by atoms with Gasteiger partial charge in [0.25, 0.3) is 0 Å². The van der Waals surface area contributed by atoms with Crippen molar-refractivity contribution in [2.24, 2.45) is 0 Å². The molecule has 2 N–H and O–H groups in total. The van der Waals surface area contributed by atoms with Crippen molar-refractivity contribution in [2.45, 2.75) is 12.3 Å². The van der Waals surface area contributed by atoms with Crippen LogP contribution >= 0.6 is 11.6 Å². The van der Waals surface area contributed by atoms with Crippen LogP contribution in [-0.2, 0) is 4.79 Å². The summed E-state index contributed by atoms with van der Waals surface area (Å²) in [6.45, 7) is 0. The van der Waals surface area contributed by atoms with Crippen molar-refractivity contribution < 1.29 is 9.90 Å². The minimum absolute atomic E-state index is 0.0837. The highest BCUT2D eigenvalue weighted by molar-refractivity contribution is 6.30. The third kappa shape index (κ3) is 2.53. The van der Waals surface area contributed by atoms with E-state index in [1.54, 1.807) is 41.2 Å². The van der Waals surface area contributed by atoms with E-state index in [0.29, 0.717) is 17.3 Å². The minimum atomic E-state index is -0.145. The third-order valence-electron chi connectivity index (χ3n) is 4.15. The normalized spacial score (nSPS) is 16.5. The molecule has 1 unspecified atom stereocenters. The van der Waals surface area contributed by atoms with Gasteiger partial charge in [-0.2, -0.15) is 5.10 Å². The van der Waals surface area contributed by atoms with E-state index < -0.39 is 0 Å². The number of benzene rings is 2. The number of amides is 1. The third-order valence-corrected chi connectivity index (χ3v) is 4.38. The highest BCUT2D eigenvalue weighted by Gasteiger charge is 2.30. The Balaban J connectivity index is 1.83. The summed E-state index contributed by atoms with van der Waals surface area (Å²) in [5, 5.41) is 17.7. The number of phenols is 1. The topological polar surface area (TPSA) is 67.1 Å². The van der Waals surface area contributed by atoms with Crippen molar-refractivity contribution in [3.05, 3.63) is 70.9 Å². The second-order valence-corrected chi connectivity index (χ2v) is 6.18. The molecular formula is C18H14ClN3O2. The first-order chi connectivity index (χ1) is 11.6. The highest BCUT2D eigenvalue weighted by Crippen LogP contribution is 2.38. The number of hydrogen-bond acceptors (Lipinski definition) is 3. The molecular weight excluding hydrogens is 326 g/mol. The molecule has 0 spiro atoms. The molecule has 2 aromatic carbocycles. The van der Waals surface area contributed by atoms with Crippen LogP contribution in [0.25, 0.3) is 5.69 Å². The summed E-state index contributed by atoms with van der Waals surface area (Å²) >= 11 is 6.06. The lowest BCUT2D eigenvalue weighted by Crippen LogP contribution is -2.24. The summed E-state index contributed by atoms with van der Waals surface area (Å²) in [6.07, 6.45) is 2.07. The van der Waals surface area contributed by atoms with E-state index in [2.05, 4.69) is 10.4 Å². The Hall–Kier alpha value is -2.79. The van der Waals surface area contributed by atoms with Crippen LogP contribution in [0.4, 0.5) is 5.82 Å². The molecule has 0 saturated heterocycles. The molecule has 0 fully saturated rings. The van der Waals surface area contributed by atoms with Gasteiger partial charge in [-0.25, -0.2) is 4.68 Å². The fraction of sp³-hybridized carbons (Fsp3) is 0.111. The molecule has 1 atom stereocenters. The second-order valence-electron chi connectivity index (χ2n) is 5.74. The van der Waals surface area contributed by atoms with Gasteiger partial charge in [-0.3, -0.25) is 4.79 Å². The molecule has 3 aromatic rings. The first-order valence-electron chi connectivity index (χ1n) is 7.54. The van der Waals surface area contributed by atoms with Crippen molar-refractivity contribution in [1.82, 2.24) is 9.78 Å². The number of nitrogens with zero attached hydrogens (tertiary/aromatic N) is 2. The lowest BCUT2D eigenvalue weighted by molar-refractivity contribution is -0.116. The molecule has 0 saturated carbocycles. The van der Waals surface area contributed by atoms with Crippen LogP contribution in [0.1, 0.15) is 23.5 Å². The second kappa shape index (κ2) is 5.69. The smallest absolute Gasteiger partial charge is 0.226 e. The number of anilines is 1. The Morgan fingerprint density at radius 1 is 1.21 bits per heavy atom. The van der Waals surface area contributed by atoms with Gasteiger partial charge in [-0.1, -0.05) is 29.8 Å². The van der Waals surface area contributed by atoms with Crippen molar-refractivity contribution in [3.8, 4) is 11.4 Å². The number of carbonyl (C=O) groups is 1. The van der Waals surface area contributed by atoms with Crippen molar-refractivity contribution in [3.63, 3.8) is 0 Å². The molecule has 1 aromatic heterocycles. The summed E-state index contributed by atoms with van der Waals surface area (Å²) in [6, 6.07) is 14.3. The summed E-state index contributed by atoms with van der Waals surface area (Å²) < 4.78 is 1.67. The summed E-state index contributed by atoms with van der Waals surface area (Å²) in [5.41, 5.74) is 2.58. The molecule has 5 nitrogen and oxygen atoms in total. The van der Waals surface area contributed by atoms with E-state index in [1.807, 2.05) is 18.2 Å². The largest absolute Gasteiger partial charge is 0.508 e. The highest BCUT2D eigenvalue weighted by atomic mass is 35.5. The Morgan fingerprint density at radius 2 is 2.04 bits per heavy atom. The maximum atomic E-state index is 12.2. The minimum Gasteiger partial charge on any atom is -0.508 e. The SMILES string of the molecule is O=C1CC(c2cccc(O)c2)c2cnn(-c3cccc(Cl)c3)c2N1. The number of fused-ring (bicyclic) bond motifs is 1. The van der Waals surface area contributed by atoms with Crippen LogP contribution in [0.5, 0.6) is 5.75 Å². The number of aromatic hydroxyl groups is 1. The molecule has 120 valence electrons. The van der Waals surface area contributed by atoms with Crippen molar-refractivity contribution in [2.75, 3.05) is 5.32 Å². The zero-order valence-electron chi connectivity index (χ0n) is 12.6. The van der Waals surface area contributed by atoms with Gasteiger partial charge in [0.1, 0.15) is 11.6 Å². The number of rotatable bonds is 2. The van der Waals surface area contributed by atoms with Gasteiger partial charge in [0.15, 0.2) is 0 Å². The van der Waals surface area contributed by atoms with E-state index in [4.69, 9.17) is 11.6 Å². The molecule has 1 aliphatic heterocycles. The lowest BCUT2D eigenvalue weighted by atomic mass is 9.87. The number of hydrogen-bond donors (Lipinski definition) is 2. The fourth-order valence-corrected chi connectivity index (χ4v) is 3.25. The van der Waals surface area contributed by atoms with Crippen LogP contribution < -0.4 is 5.32 Å². The van der Waals surface area contributed by atoms with E-state index in [1.165, 1.54) is 0 Å². The summed E-state index contributed by atoms with van der Waals surface area (Å²) in [7, 11) is 0. The van der Waals surface area contributed by atoms with Gasteiger partial charge in [-0.15, -0.1) is 0 Å². The monoisotopic (exact) mass is 339 g/mol. The zero-order chi connectivity index (χ0) is 16.7. The van der Waals surface area contributed by atoms with Gasteiger partial charge in [-0.05, 0) is 35.9 Å². The molecule has 24 heavy (non-hydrogen) atoms. The number of aromatic nitrogens is 2. The van der Waals surface area contributed by atoms with E-state index in [-0.39, 0.29) is 17.6 Å². The molecule has 0 aliphatic carbocycles. The predicted octanol–water partition coefficient (Wildman–Crippen LogP) is 3.71. The number of phenolic OH excluding ortho intramolecular Hbond substituents is 1. The van der Waals surface area contributed by atoms with Crippen LogP contribution in [0.15, 0.2) is 54.7 Å². The van der Waals surface area contributed by atoms with Gasteiger partial charge in [0.2, 0.25) is 5.91 Å². The number of nitrogens with one attached hydrogen (secondary N) is 1. The summed E-state index contributed by atoms with van der Waals surface area (Å²) in [5.74, 6) is 0.595. The molecule has 6 heteroatoms. The zero-order valence-corrected chi connectivity index (χ0v) is 13.4.